The molecular formula is C56H37NO. The molecule has 0 spiro atoms. The number of hydrogen-bond acceptors (Lipinski definition) is 2. The zero-order chi connectivity index (χ0) is 38.4. The van der Waals surface area contributed by atoms with E-state index in [1.807, 2.05) is 0 Å². The molecule has 2 heteroatoms. The molecule has 11 aromatic rings. The summed E-state index contributed by atoms with van der Waals surface area (Å²) in [6, 6.07) is 80.7. The highest BCUT2D eigenvalue weighted by atomic mass is 16.3. The topological polar surface area (TPSA) is 16.4 Å². The molecular weight excluding hydrogens is 703 g/mol. The standard InChI is InChI=1S/C56H37NO/c1-2-11-38(12-3-1)40-23-29-48(30-24-40)57(49-31-25-41(26-32-49)44-16-10-17-45(35-44)46-22-21-39-13-4-5-15-43(39)36-46)54-20-9-8-18-50(54)47-28-34-55-53(37-47)52-33-27-42-14-6-7-19-51(42)56(52)58-55/h1-37H. The van der Waals surface area contributed by atoms with Crippen molar-refractivity contribution in [2.75, 3.05) is 4.90 Å². The SMILES string of the molecule is c1ccc(-c2ccc(N(c3ccc(-c4cccc(-c5ccc6ccccc6c5)c4)cc3)c3ccccc3-c3ccc4oc5c6ccccc6ccc5c4c3)cc2)cc1. The molecule has 272 valence electrons. The maximum absolute atomic E-state index is 6.51. The number of rotatable bonds is 7. The van der Waals surface area contributed by atoms with Crippen LogP contribution in [0.3, 0.4) is 0 Å². The minimum atomic E-state index is 0.890. The van der Waals surface area contributed by atoms with Gasteiger partial charge in [-0.05, 0) is 116 Å². The number of anilines is 3. The first-order chi connectivity index (χ1) is 28.7. The van der Waals surface area contributed by atoms with Gasteiger partial charge in [-0.15, -0.1) is 0 Å². The zero-order valence-corrected chi connectivity index (χ0v) is 31.7. The Kier molecular flexibility index (Phi) is 8.19. The second-order valence-electron chi connectivity index (χ2n) is 14.9. The molecule has 0 unspecified atom stereocenters. The molecule has 0 saturated carbocycles. The van der Waals surface area contributed by atoms with Gasteiger partial charge in [0.15, 0.2) is 0 Å². The van der Waals surface area contributed by atoms with Gasteiger partial charge in [0.1, 0.15) is 11.2 Å². The van der Waals surface area contributed by atoms with E-state index in [1.165, 1.54) is 49.5 Å². The van der Waals surface area contributed by atoms with E-state index < -0.39 is 0 Å². The summed E-state index contributed by atoms with van der Waals surface area (Å²) < 4.78 is 6.51. The Labute approximate surface area is 337 Å². The van der Waals surface area contributed by atoms with E-state index in [-0.39, 0.29) is 0 Å². The molecule has 0 aliphatic heterocycles. The third kappa shape index (κ3) is 6.00. The van der Waals surface area contributed by atoms with Crippen molar-refractivity contribution in [3.8, 4) is 44.5 Å². The summed E-state index contributed by atoms with van der Waals surface area (Å²) in [5.74, 6) is 0. The maximum Gasteiger partial charge on any atom is 0.143 e. The molecule has 0 aliphatic rings. The lowest BCUT2D eigenvalue weighted by Crippen LogP contribution is -2.11. The molecule has 0 amide bonds. The maximum atomic E-state index is 6.51. The van der Waals surface area contributed by atoms with Crippen LogP contribution in [0.1, 0.15) is 0 Å². The summed E-state index contributed by atoms with van der Waals surface area (Å²) in [6.45, 7) is 0. The number of furan rings is 1. The molecule has 1 aromatic heterocycles. The molecule has 0 radical (unpaired) electrons. The van der Waals surface area contributed by atoms with Gasteiger partial charge in [-0.1, -0.05) is 164 Å². The van der Waals surface area contributed by atoms with Crippen molar-refractivity contribution in [2.24, 2.45) is 0 Å². The Morgan fingerprint density at radius 1 is 0.293 bits per heavy atom. The summed E-state index contributed by atoms with van der Waals surface area (Å²) in [4.78, 5) is 2.38. The molecule has 0 fully saturated rings. The van der Waals surface area contributed by atoms with Crippen molar-refractivity contribution in [3.05, 3.63) is 224 Å². The normalized spacial score (nSPS) is 11.4. The Bertz CT molecular complexity index is 3270. The van der Waals surface area contributed by atoms with Crippen LogP contribution in [0.25, 0.3) is 88.0 Å². The minimum absolute atomic E-state index is 0.890. The first-order valence-electron chi connectivity index (χ1n) is 19.8. The number of fused-ring (bicyclic) bond motifs is 6. The van der Waals surface area contributed by atoms with Crippen LogP contribution < -0.4 is 4.90 Å². The number of nitrogens with zero attached hydrogens (tertiary/aromatic N) is 1. The van der Waals surface area contributed by atoms with E-state index >= 15 is 0 Å². The van der Waals surface area contributed by atoms with Gasteiger partial charge in [-0.3, -0.25) is 0 Å². The molecule has 0 bridgehead atoms. The monoisotopic (exact) mass is 739 g/mol. The quantitative estimate of drug-likeness (QED) is 0.162. The number of benzene rings is 10. The average Bonchev–Trinajstić information content (AvgIpc) is 3.69. The van der Waals surface area contributed by atoms with E-state index in [9.17, 15) is 0 Å². The Balaban J connectivity index is 1.01. The summed E-state index contributed by atoms with van der Waals surface area (Å²) in [7, 11) is 0. The fourth-order valence-corrected chi connectivity index (χ4v) is 8.50. The molecule has 0 saturated heterocycles. The predicted molar refractivity (Wildman–Crippen MR) is 245 cm³/mol. The van der Waals surface area contributed by atoms with Crippen LogP contribution in [-0.4, -0.2) is 0 Å². The van der Waals surface area contributed by atoms with Gasteiger partial charge in [0.05, 0.1) is 5.69 Å². The highest BCUT2D eigenvalue weighted by Crippen LogP contribution is 2.44. The van der Waals surface area contributed by atoms with Gasteiger partial charge in [0.25, 0.3) is 0 Å². The van der Waals surface area contributed by atoms with Crippen molar-refractivity contribution in [1.82, 2.24) is 0 Å². The molecule has 10 aromatic carbocycles. The first kappa shape index (κ1) is 33.6. The zero-order valence-electron chi connectivity index (χ0n) is 31.7. The van der Waals surface area contributed by atoms with Crippen molar-refractivity contribution in [3.63, 3.8) is 0 Å². The Morgan fingerprint density at radius 3 is 1.64 bits per heavy atom. The van der Waals surface area contributed by atoms with Crippen LogP contribution in [0.15, 0.2) is 229 Å². The highest BCUT2D eigenvalue weighted by molar-refractivity contribution is 6.15. The van der Waals surface area contributed by atoms with Gasteiger partial charge in [0, 0.05) is 33.1 Å². The van der Waals surface area contributed by atoms with Crippen molar-refractivity contribution < 1.29 is 4.42 Å². The molecule has 2 nitrogen and oxygen atoms in total. The van der Waals surface area contributed by atoms with Crippen LogP contribution in [0, 0.1) is 0 Å². The highest BCUT2D eigenvalue weighted by Gasteiger charge is 2.19. The van der Waals surface area contributed by atoms with Crippen LogP contribution in [0.2, 0.25) is 0 Å². The summed E-state index contributed by atoms with van der Waals surface area (Å²) in [6.07, 6.45) is 0. The van der Waals surface area contributed by atoms with Crippen LogP contribution in [0.4, 0.5) is 17.1 Å². The van der Waals surface area contributed by atoms with Crippen LogP contribution >= 0.6 is 0 Å². The Hall–Kier alpha value is -7.68. The lowest BCUT2D eigenvalue weighted by molar-refractivity contribution is 0.672. The second-order valence-corrected chi connectivity index (χ2v) is 14.9. The van der Waals surface area contributed by atoms with Gasteiger partial charge in [-0.2, -0.15) is 0 Å². The second kappa shape index (κ2) is 14.1. The van der Waals surface area contributed by atoms with Crippen molar-refractivity contribution in [1.29, 1.82) is 0 Å². The predicted octanol–water partition coefficient (Wildman–Crippen LogP) is 16.0. The Morgan fingerprint density at radius 2 is 0.845 bits per heavy atom. The largest absolute Gasteiger partial charge is 0.455 e. The van der Waals surface area contributed by atoms with E-state index in [4.69, 9.17) is 4.42 Å². The average molecular weight is 740 g/mol. The van der Waals surface area contributed by atoms with Crippen LogP contribution in [0.5, 0.6) is 0 Å². The third-order valence-electron chi connectivity index (χ3n) is 11.5. The first-order valence-corrected chi connectivity index (χ1v) is 19.8. The van der Waals surface area contributed by atoms with E-state index in [1.54, 1.807) is 0 Å². The molecule has 58 heavy (non-hydrogen) atoms. The van der Waals surface area contributed by atoms with Gasteiger partial charge in [0.2, 0.25) is 0 Å². The molecule has 1 heterocycles. The van der Waals surface area contributed by atoms with Crippen molar-refractivity contribution in [2.45, 2.75) is 0 Å². The third-order valence-corrected chi connectivity index (χ3v) is 11.5. The van der Waals surface area contributed by atoms with Crippen LogP contribution in [-0.2, 0) is 0 Å². The molecule has 0 atom stereocenters. The summed E-state index contributed by atoms with van der Waals surface area (Å²) >= 11 is 0. The summed E-state index contributed by atoms with van der Waals surface area (Å²) in [5.41, 5.74) is 14.5. The molecule has 11 rings (SSSR count). The summed E-state index contributed by atoms with van der Waals surface area (Å²) in [5, 5.41) is 7.05. The molecule has 0 aliphatic carbocycles. The number of para-hydroxylation sites is 1. The van der Waals surface area contributed by atoms with Gasteiger partial charge < -0.3 is 9.32 Å². The van der Waals surface area contributed by atoms with Gasteiger partial charge in [-0.25, -0.2) is 0 Å². The minimum Gasteiger partial charge on any atom is -0.455 e. The van der Waals surface area contributed by atoms with E-state index in [0.717, 1.165) is 55.5 Å². The molecule has 0 N–H and O–H groups in total. The fraction of sp³-hybridized carbons (Fsp3) is 0. The van der Waals surface area contributed by atoms with Crippen molar-refractivity contribution >= 4 is 60.5 Å². The fourth-order valence-electron chi connectivity index (χ4n) is 8.50. The van der Waals surface area contributed by atoms with E-state index in [0.29, 0.717) is 0 Å². The van der Waals surface area contributed by atoms with E-state index in [2.05, 4.69) is 229 Å². The smallest absolute Gasteiger partial charge is 0.143 e. The lowest BCUT2D eigenvalue weighted by atomic mass is 9.97. The lowest BCUT2D eigenvalue weighted by Gasteiger charge is -2.28. The number of hydrogen-bond donors (Lipinski definition) is 0. The van der Waals surface area contributed by atoms with Gasteiger partial charge >= 0.3 is 0 Å².